The van der Waals surface area contributed by atoms with Crippen molar-refractivity contribution >= 4 is 11.0 Å². The predicted octanol–water partition coefficient (Wildman–Crippen LogP) is 18.6. The molecule has 1 N–H and O–H groups in total. The van der Waals surface area contributed by atoms with E-state index in [1.54, 1.807) is 12.1 Å². The number of benzene rings is 7. The van der Waals surface area contributed by atoms with Crippen LogP contribution in [0.1, 0.15) is 144 Å². The molecule has 0 saturated carbocycles. The smallest absolute Gasteiger partial charge is 0.149 e. The molecule has 4 heteroatoms. The molecule has 0 aliphatic heterocycles. The predicted molar refractivity (Wildman–Crippen MR) is 307 cm³/mol. The van der Waals surface area contributed by atoms with E-state index < -0.39 is 31.4 Å². The Bertz CT molecular complexity index is 3770. The number of phenols is 1. The zero-order valence-electron chi connectivity index (χ0n) is 52.9. The second kappa shape index (κ2) is 18.2. The normalized spacial score (nSPS) is 15.1. The van der Waals surface area contributed by atoms with E-state index in [0.717, 1.165) is 72.5 Å². The Morgan fingerprint density at radius 2 is 0.986 bits per heavy atom. The van der Waals surface area contributed by atoms with Gasteiger partial charge in [0.25, 0.3) is 0 Å². The third-order valence-electron chi connectivity index (χ3n) is 13.9. The van der Waals surface area contributed by atoms with Gasteiger partial charge in [0.1, 0.15) is 11.6 Å². The van der Waals surface area contributed by atoms with Crippen LogP contribution in [-0.2, 0) is 27.1 Å². The van der Waals surface area contributed by atoms with E-state index in [2.05, 4.69) is 167 Å². The van der Waals surface area contributed by atoms with Crippen molar-refractivity contribution in [2.45, 2.75) is 131 Å². The minimum Gasteiger partial charge on any atom is -0.507 e. The van der Waals surface area contributed by atoms with Crippen molar-refractivity contribution in [2.24, 2.45) is 0 Å². The number of nitrogens with zero attached hydrogens (tertiary/aromatic N) is 3. The van der Waals surface area contributed by atoms with E-state index in [1.165, 1.54) is 17.7 Å². The summed E-state index contributed by atoms with van der Waals surface area (Å²) in [6.07, 6.45) is 1.88. The Balaban J connectivity index is 1.31. The van der Waals surface area contributed by atoms with Gasteiger partial charge in [-0.1, -0.05) is 213 Å². The fraction of sp³-hybridized carbons (Fsp3) is 0.294. The van der Waals surface area contributed by atoms with Gasteiger partial charge in [0.05, 0.1) is 28.0 Å². The second-order valence-corrected chi connectivity index (χ2v) is 23.6. The van der Waals surface area contributed by atoms with Crippen LogP contribution in [0.4, 0.5) is 0 Å². The number of fused-ring (bicyclic) bond motifs is 1. The van der Waals surface area contributed by atoms with Crippen LogP contribution < -0.4 is 0 Å². The molecule has 0 saturated heterocycles. The summed E-state index contributed by atoms with van der Waals surface area (Å²) >= 11 is 0. The molecule has 0 bridgehead atoms. The molecule has 7 aromatic carbocycles. The van der Waals surface area contributed by atoms with Gasteiger partial charge >= 0.3 is 0 Å². The Hall–Kier alpha value is -7.04. The van der Waals surface area contributed by atoms with E-state index in [1.807, 2.05) is 60.8 Å². The van der Waals surface area contributed by atoms with Gasteiger partial charge in [-0.25, -0.2) is 4.98 Å². The van der Waals surface area contributed by atoms with Gasteiger partial charge in [0, 0.05) is 40.8 Å². The first-order valence-electron chi connectivity index (χ1n) is 29.4. The maximum absolute atomic E-state index is 12.7. The van der Waals surface area contributed by atoms with Gasteiger partial charge < -0.3 is 5.11 Å². The van der Waals surface area contributed by atoms with Gasteiger partial charge in [-0.15, -0.1) is 0 Å². The molecule has 0 aliphatic carbocycles. The molecule has 9 rings (SSSR count). The number of hydrogen-bond acceptors (Lipinski definition) is 3. The van der Waals surface area contributed by atoms with E-state index in [9.17, 15) is 5.11 Å². The Labute approximate surface area is 442 Å². The fourth-order valence-electron chi connectivity index (χ4n) is 9.53. The van der Waals surface area contributed by atoms with Gasteiger partial charge in [0.15, 0.2) is 0 Å². The highest BCUT2D eigenvalue weighted by molar-refractivity contribution is 5.98. The van der Waals surface area contributed by atoms with Crippen molar-refractivity contribution in [2.75, 3.05) is 0 Å². The summed E-state index contributed by atoms with van der Waals surface area (Å²) in [6, 6.07) is 51.7. The van der Waals surface area contributed by atoms with Crippen molar-refractivity contribution in [3.05, 3.63) is 192 Å². The van der Waals surface area contributed by atoms with E-state index in [4.69, 9.17) is 22.3 Å². The molecule has 366 valence electrons. The van der Waals surface area contributed by atoms with Gasteiger partial charge in [-0.3, -0.25) is 9.55 Å². The molecular formula is C68H73N3O. The lowest BCUT2D eigenvalue weighted by Gasteiger charge is -2.27. The Morgan fingerprint density at radius 3 is 1.58 bits per heavy atom. The molecule has 0 radical (unpaired) electrons. The van der Waals surface area contributed by atoms with Crippen LogP contribution in [0.5, 0.6) is 5.75 Å². The van der Waals surface area contributed by atoms with Crippen molar-refractivity contribution in [1.82, 2.24) is 14.5 Å². The summed E-state index contributed by atoms with van der Waals surface area (Å²) in [5, 5.41) is 12.7. The summed E-state index contributed by atoms with van der Waals surface area (Å²) < 4.78 is 77.1. The van der Waals surface area contributed by atoms with Crippen molar-refractivity contribution in [3.8, 4) is 78.6 Å². The summed E-state index contributed by atoms with van der Waals surface area (Å²) in [6.45, 7) is 15.9. The summed E-state index contributed by atoms with van der Waals surface area (Å²) in [7, 11) is 0. The first kappa shape index (κ1) is 39.6. The standard InChI is InChI=1S/C68H73N3O/c1-64(2,3)50-29-24-43(25-30-50)46-28-33-59(55(39-46)45-20-17-16-18-21-45)71-60-23-19-22-54(61(60)70-63(71)56-41-53(67(10,11)12)42-57(62(56)72)68(13,14)15)48-36-49(38-52(37-48)66(7,8)9)58-40-47(34-35-69-58)44-26-31-51(32-27-44)65(4,5)6/h16-42,72H,1-15H3/i1D3,2D3,3D3. The van der Waals surface area contributed by atoms with Crippen LogP contribution in [0.3, 0.4) is 0 Å². The maximum atomic E-state index is 12.7. The first-order chi connectivity index (χ1) is 37.5. The largest absolute Gasteiger partial charge is 0.507 e. The molecule has 0 unspecified atom stereocenters. The zero-order chi connectivity index (χ0) is 59.2. The summed E-state index contributed by atoms with van der Waals surface area (Å²) in [5.41, 5.74) is 11.4. The van der Waals surface area contributed by atoms with Gasteiger partial charge in [0.2, 0.25) is 0 Å². The monoisotopic (exact) mass is 957 g/mol. The van der Waals surface area contributed by atoms with Crippen LogP contribution in [0, 0.1) is 0 Å². The molecule has 0 amide bonds. The number of para-hydroxylation sites is 1. The Kier molecular flexibility index (Phi) is 10.0. The fourth-order valence-corrected chi connectivity index (χ4v) is 9.53. The molecule has 0 aliphatic rings. The highest BCUT2D eigenvalue weighted by Gasteiger charge is 2.30. The SMILES string of the molecule is [2H]C([2H])([2H])C(c1ccc(-c2ccc(-n3c(-c4cc(C(C)(C)C)cc(C(C)(C)C)c4O)nc4c(-c5cc(-c6cc(-c7ccc(C(C)(C)C)cc7)ccn6)cc(C(C)(C)C)c5)cccc43)c(-c3ccccc3)c2)cc1)(C([2H])([2H])[2H])C([2H])([2H])[2H]. The number of hydrogen-bond donors (Lipinski definition) is 1. The number of pyridine rings is 1. The zero-order valence-corrected chi connectivity index (χ0v) is 43.9. The maximum Gasteiger partial charge on any atom is 0.149 e. The number of phenolic OH excluding ortho intramolecular Hbond substituents is 1. The topological polar surface area (TPSA) is 50.9 Å². The third kappa shape index (κ3) is 9.94. The molecule has 9 aromatic rings. The second-order valence-electron chi connectivity index (χ2n) is 23.6. The quantitative estimate of drug-likeness (QED) is 0.173. The van der Waals surface area contributed by atoms with Gasteiger partial charge in [-0.05, 0) is 131 Å². The minimum absolute atomic E-state index is 0.0287. The molecule has 2 heterocycles. The molecular weight excluding hydrogens is 875 g/mol. The van der Waals surface area contributed by atoms with Crippen LogP contribution in [0.25, 0.3) is 83.9 Å². The van der Waals surface area contributed by atoms with Crippen LogP contribution in [0.2, 0.25) is 0 Å². The number of imidazole rings is 1. The number of aromatic nitrogens is 3. The molecule has 0 fully saturated rings. The lowest BCUT2D eigenvalue weighted by Crippen LogP contribution is -2.17. The van der Waals surface area contributed by atoms with Crippen LogP contribution >= 0.6 is 0 Å². The molecule has 0 spiro atoms. The van der Waals surface area contributed by atoms with Gasteiger partial charge in [-0.2, -0.15) is 0 Å². The van der Waals surface area contributed by atoms with Crippen LogP contribution in [0.15, 0.2) is 164 Å². The molecule has 2 aromatic heterocycles. The third-order valence-corrected chi connectivity index (χ3v) is 13.9. The van der Waals surface area contributed by atoms with E-state index in [0.29, 0.717) is 28.0 Å². The first-order valence-corrected chi connectivity index (χ1v) is 24.9. The van der Waals surface area contributed by atoms with E-state index >= 15 is 0 Å². The summed E-state index contributed by atoms with van der Waals surface area (Å²) in [4.78, 5) is 10.6. The highest BCUT2D eigenvalue weighted by atomic mass is 16.3. The average molecular weight is 957 g/mol. The van der Waals surface area contributed by atoms with E-state index in [-0.39, 0.29) is 27.6 Å². The Morgan fingerprint density at radius 1 is 0.417 bits per heavy atom. The molecule has 4 nitrogen and oxygen atoms in total. The molecule has 72 heavy (non-hydrogen) atoms. The molecule has 0 atom stereocenters. The number of rotatable bonds is 7. The number of aromatic hydroxyl groups is 1. The van der Waals surface area contributed by atoms with Crippen LogP contribution in [-0.4, -0.2) is 19.6 Å². The van der Waals surface area contributed by atoms with Crippen molar-refractivity contribution < 1.29 is 17.4 Å². The average Bonchev–Trinajstić information content (AvgIpc) is 3.86. The summed E-state index contributed by atoms with van der Waals surface area (Å²) in [5.74, 6) is 0.653. The van der Waals surface area contributed by atoms with Crippen molar-refractivity contribution in [3.63, 3.8) is 0 Å². The lowest BCUT2D eigenvalue weighted by atomic mass is 9.79. The van der Waals surface area contributed by atoms with Crippen molar-refractivity contribution in [1.29, 1.82) is 0 Å². The minimum atomic E-state index is -3.40. The lowest BCUT2D eigenvalue weighted by molar-refractivity contribution is 0.446. The highest BCUT2D eigenvalue weighted by Crippen LogP contribution is 2.46.